The summed E-state index contributed by atoms with van der Waals surface area (Å²) in [6.07, 6.45) is 3.78. The third-order valence-corrected chi connectivity index (χ3v) is 3.39. The molecule has 1 aromatic rings. The maximum Gasteiger partial charge on any atom is 0.251 e. The van der Waals surface area contributed by atoms with Crippen molar-refractivity contribution in [1.82, 2.24) is 5.32 Å². The minimum absolute atomic E-state index is 0.000556. The first-order valence-electron chi connectivity index (χ1n) is 5.83. The molecule has 86 valence electrons. The van der Waals surface area contributed by atoms with Gasteiger partial charge in [0.2, 0.25) is 0 Å². The largest absolute Gasteiger partial charge is 0.399 e. The van der Waals surface area contributed by atoms with Crippen LogP contribution in [0.3, 0.4) is 0 Å². The fraction of sp³-hybridized carbons (Fsp3) is 0.462. The summed E-state index contributed by atoms with van der Waals surface area (Å²) >= 11 is 0. The molecular weight excluding hydrogens is 200 g/mol. The summed E-state index contributed by atoms with van der Waals surface area (Å²) in [5.41, 5.74) is 6.94. The van der Waals surface area contributed by atoms with E-state index >= 15 is 0 Å². The highest BCUT2D eigenvalue weighted by molar-refractivity contribution is 5.94. The Hall–Kier alpha value is -1.51. The Morgan fingerprint density at radius 2 is 2.00 bits per heavy atom. The van der Waals surface area contributed by atoms with Crippen LogP contribution in [0.1, 0.15) is 36.5 Å². The van der Waals surface area contributed by atoms with Gasteiger partial charge in [0.25, 0.3) is 5.91 Å². The van der Waals surface area contributed by atoms with E-state index in [1.807, 2.05) is 0 Å². The summed E-state index contributed by atoms with van der Waals surface area (Å²) in [7, 11) is 0. The van der Waals surface area contributed by atoms with Crippen LogP contribution < -0.4 is 11.1 Å². The van der Waals surface area contributed by atoms with E-state index in [1.165, 1.54) is 19.3 Å². The smallest absolute Gasteiger partial charge is 0.251 e. The Bertz CT molecular complexity index is 368. The second-order valence-corrected chi connectivity index (χ2v) is 4.58. The Balaban J connectivity index is 1.94. The van der Waals surface area contributed by atoms with Crippen LogP contribution in [0.2, 0.25) is 0 Å². The zero-order chi connectivity index (χ0) is 11.5. The number of carbonyl (C=O) groups is 1. The number of nitrogen functional groups attached to an aromatic ring is 1. The van der Waals surface area contributed by atoms with Crippen molar-refractivity contribution in [1.29, 1.82) is 0 Å². The Morgan fingerprint density at radius 1 is 1.38 bits per heavy atom. The van der Waals surface area contributed by atoms with E-state index in [4.69, 9.17) is 5.73 Å². The number of anilines is 1. The molecule has 3 N–H and O–H groups in total. The first kappa shape index (κ1) is 11.0. The summed E-state index contributed by atoms with van der Waals surface area (Å²) in [6, 6.07) is 7.31. The molecule has 1 saturated carbocycles. The number of carbonyl (C=O) groups excluding carboxylic acids is 1. The molecule has 2 rings (SSSR count). The van der Waals surface area contributed by atoms with Crippen molar-refractivity contribution in [2.24, 2.45) is 5.92 Å². The predicted molar refractivity (Wildman–Crippen MR) is 65.1 cm³/mol. The minimum Gasteiger partial charge on any atom is -0.399 e. The van der Waals surface area contributed by atoms with Gasteiger partial charge >= 0.3 is 0 Å². The lowest BCUT2D eigenvalue weighted by atomic mass is 9.80. The second kappa shape index (κ2) is 4.56. The number of nitrogens with two attached hydrogens (primary N) is 1. The monoisotopic (exact) mass is 218 g/mol. The van der Waals surface area contributed by atoms with Crippen LogP contribution in [0.15, 0.2) is 24.3 Å². The first-order chi connectivity index (χ1) is 7.66. The van der Waals surface area contributed by atoms with Crippen LogP contribution in [-0.2, 0) is 0 Å². The molecule has 1 fully saturated rings. The molecule has 16 heavy (non-hydrogen) atoms. The third-order valence-electron chi connectivity index (χ3n) is 3.39. The van der Waals surface area contributed by atoms with E-state index < -0.39 is 0 Å². The fourth-order valence-electron chi connectivity index (χ4n) is 1.98. The van der Waals surface area contributed by atoms with Gasteiger partial charge in [0.05, 0.1) is 0 Å². The van der Waals surface area contributed by atoms with Gasteiger partial charge in [-0.05, 0) is 49.9 Å². The quantitative estimate of drug-likeness (QED) is 0.764. The van der Waals surface area contributed by atoms with E-state index in [0.717, 1.165) is 0 Å². The van der Waals surface area contributed by atoms with Crippen LogP contribution in [-0.4, -0.2) is 11.9 Å². The lowest BCUT2D eigenvalue weighted by Crippen LogP contribution is -2.40. The highest BCUT2D eigenvalue weighted by Gasteiger charge is 2.25. The SMILES string of the molecule is CC(NC(=O)c1ccc(N)cc1)C1CCC1. The molecule has 0 spiro atoms. The van der Waals surface area contributed by atoms with Crippen molar-refractivity contribution in [3.8, 4) is 0 Å². The molecule has 1 aliphatic carbocycles. The normalized spacial score (nSPS) is 17.6. The zero-order valence-electron chi connectivity index (χ0n) is 9.57. The molecule has 0 aromatic heterocycles. The average Bonchev–Trinajstić information content (AvgIpc) is 2.15. The van der Waals surface area contributed by atoms with E-state index in [-0.39, 0.29) is 11.9 Å². The molecule has 0 aliphatic heterocycles. The standard InChI is InChI=1S/C13H18N2O/c1-9(10-3-2-4-10)15-13(16)11-5-7-12(14)8-6-11/h5-10H,2-4,14H2,1H3,(H,15,16). The molecule has 0 heterocycles. The van der Waals surface area contributed by atoms with Crippen LogP contribution in [0, 0.1) is 5.92 Å². The van der Waals surface area contributed by atoms with Crippen LogP contribution in [0.25, 0.3) is 0 Å². The molecule has 1 atom stereocenters. The number of hydrogen-bond acceptors (Lipinski definition) is 2. The number of rotatable bonds is 3. The second-order valence-electron chi connectivity index (χ2n) is 4.58. The van der Waals surface area contributed by atoms with Crippen molar-refractivity contribution in [2.75, 3.05) is 5.73 Å². The first-order valence-corrected chi connectivity index (χ1v) is 5.83. The fourth-order valence-corrected chi connectivity index (χ4v) is 1.98. The van der Waals surface area contributed by atoms with Gasteiger partial charge in [-0.3, -0.25) is 4.79 Å². The Morgan fingerprint density at radius 3 is 2.50 bits per heavy atom. The van der Waals surface area contributed by atoms with Crippen LogP contribution >= 0.6 is 0 Å². The van der Waals surface area contributed by atoms with Gasteiger partial charge in [0.15, 0.2) is 0 Å². The van der Waals surface area contributed by atoms with Gasteiger partial charge in [-0.15, -0.1) is 0 Å². The van der Waals surface area contributed by atoms with Gasteiger partial charge in [-0.25, -0.2) is 0 Å². The highest BCUT2D eigenvalue weighted by atomic mass is 16.1. The number of amides is 1. The summed E-state index contributed by atoms with van der Waals surface area (Å²) in [6.45, 7) is 2.08. The van der Waals surface area contributed by atoms with Gasteiger partial charge in [-0.2, -0.15) is 0 Å². The Labute approximate surface area is 96.0 Å². The predicted octanol–water partition coefficient (Wildman–Crippen LogP) is 2.19. The number of hydrogen-bond donors (Lipinski definition) is 2. The van der Waals surface area contributed by atoms with Crippen LogP contribution in [0.4, 0.5) is 5.69 Å². The van der Waals surface area contributed by atoms with E-state index in [2.05, 4.69) is 12.2 Å². The third kappa shape index (κ3) is 2.35. The molecule has 1 aliphatic rings. The van der Waals surface area contributed by atoms with Crippen molar-refractivity contribution in [2.45, 2.75) is 32.2 Å². The van der Waals surface area contributed by atoms with Gasteiger partial charge in [0.1, 0.15) is 0 Å². The van der Waals surface area contributed by atoms with Crippen molar-refractivity contribution < 1.29 is 4.79 Å². The highest BCUT2D eigenvalue weighted by Crippen LogP contribution is 2.29. The topological polar surface area (TPSA) is 55.1 Å². The van der Waals surface area contributed by atoms with Crippen LogP contribution in [0.5, 0.6) is 0 Å². The van der Waals surface area contributed by atoms with Gasteiger partial charge in [0, 0.05) is 17.3 Å². The molecule has 0 radical (unpaired) electrons. The van der Waals surface area contributed by atoms with Crippen molar-refractivity contribution in [3.63, 3.8) is 0 Å². The number of nitrogens with one attached hydrogen (secondary N) is 1. The van der Waals surface area contributed by atoms with E-state index in [0.29, 0.717) is 17.2 Å². The molecule has 0 bridgehead atoms. The summed E-state index contributed by atoms with van der Waals surface area (Å²) in [5.74, 6) is 0.664. The summed E-state index contributed by atoms with van der Waals surface area (Å²) in [5, 5.41) is 3.04. The molecular formula is C13H18N2O. The summed E-state index contributed by atoms with van der Waals surface area (Å²) in [4.78, 5) is 11.9. The minimum atomic E-state index is -0.000556. The maximum absolute atomic E-state index is 11.9. The molecule has 3 heteroatoms. The van der Waals surface area contributed by atoms with E-state index in [9.17, 15) is 4.79 Å². The number of benzene rings is 1. The molecule has 1 unspecified atom stereocenters. The van der Waals surface area contributed by atoms with Crippen molar-refractivity contribution in [3.05, 3.63) is 29.8 Å². The van der Waals surface area contributed by atoms with Gasteiger partial charge in [-0.1, -0.05) is 6.42 Å². The zero-order valence-corrected chi connectivity index (χ0v) is 9.57. The summed E-state index contributed by atoms with van der Waals surface area (Å²) < 4.78 is 0. The maximum atomic E-state index is 11.9. The average molecular weight is 218 g/mol. The molecule has 1 amide bonds. The molecule has 1 aromatic carbocycles. The Kier molecular flexibility index (Phi) is 3.13. The van der Waals surface area contributed by atoms with Gasteiger partial charge < -0.3 is 11.1 Å². The van der Waals surface area contributed by atoms with E-state index in [1.54, 1.807) is 24.3 Å². The lowest BCUT2D eigenvalue weighted by molar-refractivity contribution is 0.0909. The lowest BCUT2D eigenvalue weighted by Gasteiger charge is -2.31. The molecule has 3 nitrogen and oxygen atoms in total. The van der Waals surface area contributed by atoms with Crippen molar-refractivity contribution >= 4 is 11.6 Å². The molecule has 0 saturated heterocycles.